The monoisotopic (exact) mass is 703 g/mol. The Balaban J connectivity index is 1.24. The molecule has 1 unspecified atom stereocenters. The van der Waals surface area contributed by atoms with Crippen molar-refractivity contribution in [2.75, 3.05) is 4.90 Å². The van der Waals surface area contributed by atoms with Gasteiger partial charge in [0.15, 0.2) is 0 Å². The first kappa shape index (κ1) is 29.0. The average molecular weight is 704 g/mol. The van der Waals surface area contributed by atoms with Gasteiger partial charge in [0, 0.05) is 43.6 Å². The third-order valence-corrected chi connectivity index (χ3v) is 13.3. The van der Waals surface area contributed by atoms with Gasteiger partial charge in [-0.2, -0.15) is 0 Å². The van der Waals surface area contributed by atoms with E-state index in [0.29, 0.717) is 0 Å². The van der Waals surface area contributed by atoms with Crippen molar-refractivity contribution in [3.63, 3.8) is 0 Å². The van der Waals surface area contributed by atoms with Crippen LogP contribution in [0.15, 0.2) is 190 Å². The molecular formula is C51H29NOS. The van der Waals surface area contributed by atoms with Crippen LogP contribution < -0.4 is 4.90 Å². The molecule has 13 rings (SSSR count). The van der Waals surface area contributed by atoms with Gasteiger partial charge in [-0.1, -0.05) is 121 Å². The molecule has 3 heteroatoms. The molecule has 0 amide bonds. The predicted octanol–water partition coefficient (Wildman–Crippen LogP) is 14.2. The lowest BCUT2D eigenvalue weighted by atomic mass is 9.59. The molecule has 10 aromatic rings. The number of rotatable bonds is 1. The largest absolute Gasteiger partial charge is 0.456 e. The molecule has 0 saturated heterocycles. The number of para-hydroxylation sites is 1. The molecule has 54 heavy (non-hydrogen) atoms. The molecule has 0 fully saturated rings. The van der Waals surface area contributed by atoms with Crippen LogP contribution in [-0.4, -0.2) is 0 Å². The third kappa shape index (κ3) is 3.62. The van der Waals surface area contributed by atoms with E-state index in [1.807, 2.05) is 11.8 Å². The van der Waals surface area contributed by atoms with Gasteiger partial charge in [-0.15, -0.1) is 0 Å². The van der Waals surface area contributed by atoms with Crippen LogP contribution in [0.25, 0.3) is 65.7 Å². The summed E-state index contributed by atoms with van der Waals surface area (Å²) < 4.78 is 6.75. The molecule has 1 spiro atoms. The zero-order chi connectivity index (χ0) is 35.1. The summed E-state index contributed by atoms with van der Waals surface area (Å²) in [4.78, 5) is 5.04. The van der Waals surface area contributed by atoms with Crippen molar-refractivity contribution in [2.45, 2.75) is 15.2 Å². The molecule has 0 radical (unpaired) electrons. The highest BCUT2D eigenvalue weighted by molar-refractivity contribution is 7.99. The number of hydrogen-bond acceptors (Lipinski definition) is 3. The van der Waals surface area contributed by atoms with E-state index in [9.17, 15) is 0 Å². The van der Waals surface area contributed by atoms with Crippen molar-refractivity contribution in [1.82, 2.24) is 0 Å². The number of anilines is 3. The second-order valence-corrected chi connectivity index (χ2v) is 15.9. The summed E-state index contributed by atoms with van der Waals surface area (Å²) >= 11 is 1.89. The summed E-state index contributed by atoms with van der Waals surface area (Å²) in [7, 11) is 0. The van der Waals surface area contributed by atoms with E-state index < -0.39 is 5.41 Å². The van der Waals surface area contributed by atoms with Crippen LogP contribution in [0.4, 0.5) is 17.1 Å². The molecule has 3 aliphatic rings. The second kappa shape index (κ2) is 10.3. The number of fused-ring (bicyclic) bond motifs is 10. The standard InChI is InChI=1S/C51H29NOS/c1-2-14-34(15-3-1)52-35-21-23-49-44(27-35)51(41-17-6-7-19-48(41)54-49)42-18-9-13-30-12-8-16-37(50(30)42)36-22-20-33(25-43(36)51)38-28-40-39-24-31-10-4-5-11-32(31)26-46(39)53-47(40)29-45(38)52/h1-29H. The molecule has 2 nitrogen and oxygen atoms in total. The first-order chi connectivity index (χ1) is 26.7. The van der Waals surface area contributed by atoms with Crippen LogP contribution in [0.3, 0.4) is 0 Å². The molecule has 0 N–H and O–H groups in total. The highest BCUT2D eigenvalue weighted by Gasteiger charge is 2.49. The van der Waals surface area contributed by atoms with E-state index in [0.717, 1.165) is 39.0 Å². The van der Waals surface area contributed by atoms with Gasteiger partial charge in [0.2, 0.25) is 0 Å². The summed E-state index contributed by atoms with van der Waals surface area (Å²) in [5, 5.41) is 7.27. The molecule has 0 saturated carbocycles. The van der Waals surface area contributed by atoms with Gasteiger partial charge in [0.1, 0.15) is 11.2 Å². The Morgan fingerprint density at radius 2 is 1.15 bits per heavy atom. The molecule has 1 aliphatic carbocycles. The van der Waals surface area contributed by atoms with Crippen LogP contribution in [-0.2, 0) is 5.41 Å². The minimum absolute atomic E-state index is 0.530. The van der Waals surface area contributed by atoms with Crippen molar-refractivity contribution < 1.29 is 4.42 Å². The molecule has 1 atom stereocenters. The quantitative estimate of drug-likeness (QED) is 0.169. The maximum absolute atomic E-state index is 6.75. The maximum atomic E-state index is 6.75. The van der Waals surface area contributed by atoms with Crippen molar-refractivity contribution in [3.05, 3.63) is 198 Å². The fraction of sp³-hybridized carbons (Fsp3) is 0.0196. The second-order valence-electron chi connectivity index (χ2n) is 14.8. The number of hydrogen-bond donors (Lipinski definition) is 0. The first-order valence-electron chi connectivity index (χ1n) is 18.6. The summed E-state index contributed by atoms with van der Waals surface area (Å²) in [6, 6.07) is 65.8. The summed E-state index contributed by atoms with van der Waals surface area (Å²) in [5.74, 6) is 0. The molecule has 9 aromatic carbocycles. The number of nitrogens with zero attached hydrogens (tertiary/aromatic N) is 1. The Morgan fingerprint density at radius 3 is 2.06 bits per heavy atom. The van der Waals surface area contributed by atoms with Crippen LogP contribution in [0.2, 0.25) is 0 Å². The fourth-order valence-electron chi connectivity index (χ4n) is 9.95. The number of furan rings is 1. The molecular weight excluding hydrogens is 675 g/mol. The first-order valence-corrected chi connectivity index (χ1v) is 19.4. The van der Waals surface area contributed by atoms with Gasteiger partial charge in [0.05, 0.1) is 11.1 Å². The van der Waals surface area contributed by atoms with Gasteiger partial charge in [-0.25, -0.2) is 0 Å². The van der Waals surface area contributed by atoms with Crippen molar-refractivity contribution in [2.24, 2.45) is 0 Å². The SMILES string of the molecule is c1ccc(N2c3ccc4c(c3)C3(c5ccccc5S4)c4cc(ccc4-c4cccc5cccc3c45)-c3cc4c(cc32)oc2cc3ccccc3cc24)cc1. The molecule has 3 heterocycles. The van der Waals surface area contributed by atoms with Gasteiger partial charge in [0.25, 0.3) is 0 Å². The fourth-order valence-corrected chi connectivity index (χ4v) is 11.1. The summed E-state index contributed by atoms with van der Waals surface area (Å²) in [6.07, 6.45) is 0. The lowest BCUT2D eigenvalue weighted by Gasteiger charge is -2.46. The van der Waals surface area contributed by atoms with E-state index >= 15 is 0 Å². The lowest BCUT2D eigenvalue weighted by Crippen LogP contribution is -2.37. The smallest absolute Gasteiger partial charge is 0.137 e. The zero-order valence-electron chi connectivity index (χ0n) is 29.0. The van der Waals surface area contributed by atoms with Crippen LogP contribution in [0.5, 0.6) is 0 Å². The van der Waals surface area contributed by atoms with Crippen molar-refractivity contribution in [1.29, 1.82) is 0 Å². The predicted molar refractivity (Wildman–Crippen MR) is 224 cm³/mol. The maximum Gasteiger partial charge on any atom is 0.137 e. The topological polar surface area (TPSA) is 16.4 Å². The number of benzene rings is 9. The summed E-state index contributed by atoms with van der Waals surface area (Å²) in [6.45, 7) is 0. The van der Waals surface area contributed by atoms with E-state index in [4.69, 9.17) is 4.42 Å². The van der Waals surface area contributed by atoms with E-state index in [2.05, 4.69) is 181 Å². The highest BCUT2D eigenvalue weighted by atomic mass is 32.2. The average Bonchev–Trinajstić information content (AvgIpc) is 3.57. The Bertz CT molecular complexity index is 3260. The molecule has 250 valence electrons. The van der Waals surface area contributed by atoms with Crippen LogP contribution in [0, 0.1) is 0 Å². The van der Waals surface area contributed by atoms with E-state index in [-0.39, 0.29) is 0 Å². The van der Waals surface area contributed by atoms with Gasteiger partial charge in [-0.3, -0.25) is 0 Å². The van der Waals surface area contributed by atoms with Gasteiger partial charge in [-0.05, 0) is 121 Å². The van der Waals surface area contributed by atoms with Gasteiger partial charge >= 0.3 is 0 Å². The normalized spacial score (nSPS) is 16.1. The summed E-state index contributed by atoms with van der Waals surface area (Å²) in [5.41, 5.74) is 14.9. The minimum Gasteiger partial charge on any atom is -0.456 e. The lowest BCUT2D eigenvalue weighted by molar-refractivity contribution is 0.669. The van der Waals surface area contributed by atoms with Crippen LogP contribution in [0.1, 0.15) is 22.3 Å². The third-order valence-electron chi connectivity index (χ3n) is 12.2. The van der Waals surface area contributed by atoms with E-state index in [1.165, 1.54) is 75.8 Å². The molecule has 4 bridgehead atoms. The molecule has 1 aromatic heterocycles. The Morgan fingerprint density at radius 1 is 0.426 bits per heavy atom. The Hall–Kier alpha value is -6.55. The highest BCUT2D eigenvalue weighted by Crippen LogP contribution is 2.63. The van der Waals surface area contributed by atoms with Crippen molar-refractivity contribution >= 4 is 72.3 Å². The Kier molecular flexibility index (Phi) is 5.53. The zero-order valence-corrected chi connectivity index (χ0v) is 29.8. The molecule has 2 aliphatic heterocycles. The van der Waals surface area contributed by atoms with Crippen LogP contribution >= 0.6 is 11.8 Å². The van der Waals surface area contributed by atoms with E-state index in [1.54, 1.807) is 0 Å². The van der Waals surface area contributed by atoms with Crippen molar-refractivity contribution in [3.8, 4) is 22.3 Å². The Labute approximate surface area is 315 Å². The van der Waals surface area contributed by atoms with Gasteiger partial charge < -0.3 is 9.32 Å². The minimum atomic E-state index is -0.530.